The summed E-state index contributed by atoms with van der Waals surface area (Å²) in [5, 5.41) is 36.7. The number of aromatic hydroxyl groups is 1. The van der Waals surface area contributed by atoms with Gasteiger partial charge in [-0.2, -0.15) is 0 Å². The first-order valence-corrected chi connectivity index (χ1v) is 17.8. The Bertz CT molecular complexity index is 2010. The van der Waals surface area contributed by atoms with Crippen LogP contribution >= 0.6 is 0 Å². The monoisotopic (exact) mass is 704 g/mol. The van der Waals surface area contributed by atoms with Gasteiger partial charge in [0.25, 0.3) is 11.8 Å². The number of methoxy groups -OCH3 is 1. The number of nitrogens with one attached hydrogen (secondary N) is 2. The Labute approximate surface area is 304 Å². The molecule has 10 nitrogen and oxygen atoms in total. The molecule has 0 bridgehead atoms. The van der Waals surface area contributed by atoms with Gasteiger partial charge in [0.1, 0.15) is 11.5 Å². The number of primary amides is 1. The van der Waals surface area contributed by atoms with Crippen LogP contribution in [-0.4, -0.2) is 45.8 Å². The van der Waals surface area contributed by atoms with E-state index in [1.54, 1.807) is 19.2 Å². The predicted octanol–water partition coefficient (Wildman–Crippen LogP) is 7.38. The maximum absolute atomic E-state index is 13.0. The molecule has 1 aromatic heterocycles. The summed E-state index contributed by atoms with van der Waals surface area (Å²) in [6.45, 7) is 2.32. The predicted molar refractivity (Wildman–Crippen MR) is 204 cm³/mol. The number of hydrogen-bond donors (Lipinski definition) is 6. The van der Waals surface area contributed by atoms with Crippen molar-refractivity contribution in [2.24, 2.45) is 5.73 Å². The van der Waals surface area contributed by atoms with E-state index in [4.69, 9.17) is 10.5 Å². The third-order valence-corrected chi connectivity index (χ3v) is 9.27. The minimum absolute atomic E-state index is 0.0332. The number of amides is 2. The van der Waals surface area contributed by atoms with Gasteiger partial charge in [0.2, 0.25) is 0 Å². The number of nitrogens with zero attached hydrogens (tertiary/aromatic N) is 1. The Balaban J connectivity index is 1.12. The van der Waals surface area contributed by atoms with Crippen molar-refractivity contribution < 1.29 is 29.6 Å². The fraction of sp³-hybridized carbons (Fsp3) is 0.310. The summed E-state index contributed by atoms with van der Waals surface area (Å²) in [4.78, 5) is 30.0. The zero-order valence-corrected chi connectivity index (χ0v) is 29.8. The molecule has 5 rings (SSSR count). The number of rotatable bonds is 18. The van der Waals surface area contributed by atoms with Crippen LogP contribution in [0.25, 0.3) is 10.9 Å². The second kappa shape index (κ2) is 18.2. The summed E-state index contributed by atoms with van der Waals surface area (Å²) in [6, 6.07) is 24.0. The largest absolute Gasteiger partial charge is 0.508 e. The highest BCUT2D eigenvalue weighted by Crippen LogP contribution is 2.33. The van der Waals surface area contributed by atoms with Crippen LogP contribution in [0, 0.1) is 6.92 Å². The lowest BCUT2D eigenvalue weighted by Crippen LogP contribution is -2.24. The first kappa shape index (κ1) is 37.8. The molecular weight excluding hydrogens is 656 g/mol. The van der Waals surface area contributed by atoms with Crippen LogP contribution in [0.2, 0.25) is 0 Å². The fourth-order valence-corrected chi connectivity index (χ4v) is 6.46. The molecule has 1 heterocycles. The lowest BCUT2D eigenvalue weighted by molar-refractivity contribution is 0.0951. The number of benzene rings is 4. The van der Waals surface area contributed by atoms with Crippen LogP contribution in [0.4, 0.5) is 11.4 Å². The molecule has 4 aromatic carbocycles. The van der Waals surface area contributed by atoms with Gasteiger partial charge < -0.3 is 36.4 Å². The van der Waals surface area contributed by atoms with Gasteiger partial charge in [0.05, 0.1) is 36.6 Å². The zero-order valence-electron chi connectivity index (χ0n) is 29.8. The molecule has 10 heteroatoms. The van der Waals surface area contributed by atoms with Crippen LogP contribution in [0.5, 0.6) is 11.5 Å². The second-order valence-corrected chi connectivity index (χ2v) is 13.2. The number of pyridine rings is 1. The van der Waals surface area contributed by atoms with Gasteiger partial charge in [-0.3, -0.25) is 14.6 Å². The number of unbranched alkanes of at least 4 members (excludes halogenated alkanes) is 5. The quantitative estimate of drug-likeness (QED) is 0.0514. The van der Waals surface area contributed by atoms with E-state index in [-0.39, 0.29) is 23.8 Å². The molecule has 0 radical (unpaired) electrons. The van der Waals surface area contributed by atoms with Gasteiger partial charge in [-0.25, -0.2) is 0 Å². The van der Waals surface area contributed by atoms with Gasteiger partial charge in [-0.15, -0.1) is 0 Å². The summed E-state index contributed by atoms with van der Waals surface area (Å²) < 4.78 is 5.37. The molecule has 0 aliphatic rings. The highest BCUT2D eigenvalue weighted by atomic mass is 16.5. The molecule has 0 spiro atoms. The van der Waals surface area contributed by atoms with Gasteiger partial charge in [0.15, 0.2) is 0 Å². The van der Waals surface area contributed by atoms with Crippen molar-refractivity contribution in [3.05, 3.63) is 124 Å². The van der Waals surface area contributed by atoms with E-state index in [1.165, 1.54) is 12.3 Å². The maximum Gasteiger partial charge on any atom is 0.252 e. The minimum Gasteiger partial charge on any atom is -0.508 e. The smallest absolute Gasteiger partial charge is 0.252 e. The van der Waals surface area contributed by atoms with Crippen LogP contribution in [0.1, 0.15) is 99.6 Å². The molecule has 52 heavy (non-hydrogen) atoms. The molecule has 0 aliphatic carbocycles. The van der Waals surface area contributed by atoms with Crippen LogP contribution in [0.3, 0.4) is 0 Å². The van der Waals surface area contributed by atoms with Crippen molar-refractivity contribution in [2.45, 2.75) is 71.0 Å². The number of carbonyl (C=O) groups is 2. The summed E-state index contributed by atoms with van der Waals surface area (Å²) in [5.74, 6) is 0.0200. The second-order valence-electron chi connectivity index (χ2n) is 13.2. The Morgan fingerprint density at radius 2 is 1.67 bits per heavy atom. The standard InChI is InChI=1S/C42H48N4O6/c1-27-19-29(22-35-39(27)45-25-36(41(43)50)40(35)46-33-13-10-14-34(24-33)52-2)20-28-11-9-12-31(21-28)42(51)44-18-8-6-4-3-5-7-15-37(48)30-16-17-38(49)32(23-30)26-47/h9-14,16-17,19,21-25,37,47-49H,3-8,15,18,20,26H2,1-2H3,(H2,43,50)(H,44,51)(H,45,46)/t37-/m0/s1. The number of aliphatic hydroxyl groups is 2. The van der Waals surface area contributed by atoms with Crippen LogP contribution < -0.4 is 21.1 Å². The lowest BCUT2D eigenvalue weighted by atomic mass is 9.97. The Morgan fingerprint density at radius 3 is 2.44 bits per heavy atom. The van der Waals surface area contributed by atoms with E-state index >= 15 is 0 Å². The summed E-state index contributed by atoms with van der Waals surface area (Å²) in [7, 11) is 1.60. The van der Waals surface area contributed by atoms with Crippen molar-refractivity contribution in [3.63, 3.8) is 0 Å². The summed E-state index contributed by atoms with van der Waals surface area (Å²) >= 11 is 0. The molecule has 0 saturated carbocycles. The number of fused-ring (bicyclic) bond motifs is 1. The van der Waals surface area contributed by atoms with Crippen molar-refractivity contribution in [2.75, 3.05) is 19.0 Å². The third-order valence-electron chi connectivity index (χ3n) is 9.27. The molecule has 7 N–H and O–H groups in total. The molecule has 0 unspecified atom stereocenters. The number of anilines is 2. The van der Waals surface area contributed by atoms with Crippen molar-refractivity contribution in [3.8, 4) is 11.5 Å². The number of aliphatic hydroxyl groups excluding tert-OH is 2. The molecule has 2 amide bonds. The average Bonchev–Trinajstić information content (AvgIpc) is 3.14. The van der Waals surface area contributed by atoms with Crippen molar-refractivity contribution in [1.82, 2.24) is 10.3 Å². The Morgan fingerprint density at radius 1 is 0.904 bits per heavy atom. The van der Waals surface area contributed by atoms with E-state index in [0.717, 1.165) is 71.8 Å². The fourth-order valence-electron chi connectivity index (χ4n) is 6.46. The van der Waals surface area contributed by atoms with Crippen molar-refractivity contribution >= 4 is 34.1 Å². The first-order chi connectivity index (χ1) is 25.2. The number of aryl methyl sites for hydroxylation is 1. The van der Waals surface area contributed by atoms with Gasteiger partial charge in [0, 0.05) is 41.0 Å². The van der Waals surface area contributed by atoms with E-state index in [9.17, 15) is 24.9 Å². The molecule has 272 valence electrons. The minimum atomic E-state index is -0.620. The summed E-state index contributed by atoms with van der Waals surface area (Å²) in [5.41, 5.74) is 12.8. The molecule has 0 saturated heterocycles. The summed E-state index contributed by atoms with van der Waals surface area (Å²) in [6.07, 6.45) is 7.96. The zero-order chi connectivity index (χ0) is 37.0. The number of aromatic nitrogens is 1. The average molecular weight is 705 g/mol. The van der Waals surface area contributed by atoms with E-state index in [2.05, 4.69) is 21.7 Å². The van der Waals surface area contributed by atoms with E-state index in [0.29, 0.717) is 47.5 Å². The first-order valence-electron chi connectivity index (χ1n) is 17.8. The number of phenols is 1. The van der Waals surface area contributed by atoms with E-state index in [1.807, 2.05) is 61.5 Å². The van der Waals surface area contributed by atoms with Gasteiger partial charge >= 0.3 is 0 Å². The number of ether oxygens (including phenoxy) is 1. The van der Waals surface area contributed by atoms with E-state index < -0.39 is 12.0 Å². The molecule has 5 aromatic rings. The van der Waals surface area contributed by atoms with Crippen molar-refractivity contribution in [1.29, 1.82) is 0 Å². The molecular formula is C42H48N4O6. The number of carbonyl (C=O) groups excluding carboxylic acids is 2. The maximum atomic E-state index is 13.0. The highest BCUT2D eigenvalue weighted by molar-refractivity contribution is 6.08. The Hall–Kier alpha value is -5.45. The number of hydrogen-bond acceptors (Lipinski definition) is 8. The van der Waals surface area contributed by atoms with Crippen LogP contribution in [-0.2, 0) is 13.0 Å². The molecule has 1 atom stereocenters. The molecule has 0 fully saturated rings. The van der Waals surface area contributed by atoms with Crippen LogP contribution in [0.15, 0.2) is 85.1 Å². The number of nitrogens with two attached hydrogens (primary N) is 1. The van der Waals surface area contributed by atoms with Gasteiger partial charge in [-0.1, -0.05) is 62.4 Å². The topological polar surface area (TPSA) is 167 Å². The highest BCUT2D eigenvalue weighted by Gasteiger charge is 2.17. The third kappa shape index (κ3) is 9.86. The molecule has 0 aliphatic heterocycles. The normalized spacial score (nSPS) is 11.7. The Kier molecular flexibility index (Phi) is 13.2. The lowest BCUT2D eigenvalue weighted by Gasteiger charge is -2.16. The van der Waals surface area contributed by atoms with Gasteiger partial charge in [-0.05, 0) is 90.9 Å². The SMILES string of the molecule is COc1cccc(Nc2c(C(N)=O)cnc3c(C)cc(Cc4cccc(C(=O)NCCCCCCCC[C@H](O)c5ccc(O)c(CO)c5)c4)cc23)c1.